The first-order valence-electron chi connectivity index (χ1n) is 5.87. The average molecular weight is 261 g/mol. The Morgan fingerprint density at radius 3 is 2.79 bits per heavy atom. The fraction of sp³-hybridized carbons (Fsp3) is 0.308. The van der Waals surface area contributed by atoms with Gasteiger partial charge in [0.05, 0.1) is 11.6 Å². The predicted octanol–water partition coefficient (Wildman–Crippen LogP) is 1.93. The number of benzene rings is 1. The third-order valence-corrected chi connectivity index (χ3v) is 2.43. The number of carboxylic acids is 1. The summed E-state index contributed by atoms with van der Waals surface area (Å²) in [6.07, 6.45) is 1.02. The third kappa shape index (κ3) is 4.68. The molecule has 0 saturated heterocycles. The van der Waals surface area contributed by atoms with Gasteiger partial charge in [0, 0.05) is 5.69 Å². The van der Waals surface area contributed by atoms with Crippen LogP contribution in [-0.4, -0.2) is 23.1 Å². The summed E-state index contributed by atoms with van der Waals surface area (Å²) in [4.78, 5) is 22.5. The van der Waals surface area contributed by atoms with Gasteiger partial charge < -0.3 is 15.7 Å². The third-order valence-electron chi connectivity index (χ3n) is 2.43. The molecule has 6 heteroatoms. The van der Waals surface area contributed by atoms with Gasteiger partial charge in [-0.3, -0.25) is 0 Å². The van der Waals surface area contributed by atoms with Crippen LogP contribution in [-0.2, 0) is 4.79 Å². The number of hydrogen-bond acceptors (Lipinski definition) is 3. The number of anilines is 1. The molecule has 2 amide bonds. The van der Waals surface area contributed by atoms with Gasteiger partial charge in [-0.2, -0.15) is 5.26 Å². The van der Waals surface area contributed by atoms with Crippen molar-refractivity contribution in [1.29, 1.82) is 5.26 Å². The Balaban J connectivity index is 2.63. The van der Waals surface area contributed by atoms with E-state index in [0.717, 1.165) is 0 Å². The van der Waals surface area contributed by atoms with E-state index in [0.29, 0.717) is 24.1 Å². The van der Waals surface area contributed by atoms with E-state index < -0.39 is 18.0 Å². The molecule has 1 aromatic carbocycles. The van der Waals surface area contributed by atoms with E-state index in [4.69, 9.17) is 10.4 Å². The van der Waals surface area contributed by atoms with Crippen molar-refractivity contribution in [2.24, 2.45) is 0 Å². The molecule has 3 N–H and O–H groups in total. The van der Waals surface area contributed by atoms with Gasteiger partial charge in [-0.1, -0.05) is 19.4 Å². The Morgan fingerprint density at radius 2 is 2.21 bits per heavy atom. The normalized spacial score (nSPS) is 11.2. The van der Waals surface area contributed by atoms with Crippen molar-refractivity contribution < 1.29 is 14.7 Å². The standard InChI is InChI=1S/C13H15N3O3/c1-2-4-11(12(17)18)16-13(19)15-10-6-3-5-9(7-10)8-14/h3,5-7,11H,2,4H2,1H3,(H,17,18)(H2,15,16,19)/t11-/m0/s1. The Hall–Kier alpha value is -2.55. The largest absolute Gasteiger partial charge is 0.480 e. The highest BCUT2D eigenvalue weighted by atomic mass is 16.4. The molecular weight excluding hydrogens is 246 g/mol. The smallest absolute Gasteiger partial charge is 0.326 e. The summed E-state index contributed by atoms with van der Waals surface area (Å²) >= 11 is 0. The zero-order valence-corrected chi connectivity index (χ0v) is 10.5. The second kappa shape index (κ2) is 7.01. The second-order valence-corrected chi connectivity index (χ2v) is 3.97. The lowest BCUT2D eigenvalue weighted by molar-refractivity contribution is -0.139. The van der Waals surface area contributed by atoms with Crippen molar-refractivity contribution in [2.75, 3.05) is 5.32 Å². The maximum absolute atomic E-state index is 11.6. The summed E-state index contributed by atoms with van der Waals surface area (Å²) in [6, 6.07) is 6.82. The Morgan fingerprint density at radius 1 is 1.47 bits per heavy atom. The van der Waals surface area contributed by atoms with E-state index in [2.05, 4.69) is 10.6 Å². The quantitative estimate of drug-likeness (QED) is 0.753. The van der Waals surface area contributed by atoms with Gasteiger partial charge in [-0.15, -0.1) is 0 Å². The molecule has 0 aliphatic rings. The van der Waals surface area contributed by atoms with Crippen LogP contribution in [0.15, 0.2) is 24.3 Å². The highest BCUT2D eigenvalue weighted by molar-refractivity contribution is 5.92. The van der Waals surface area contributed by atoms with Crippen LogP contribution < -0.4 is 10.6 Å². The van der Waals surface area contributed by atoms with E-state index in [1.165, 1.54) is 6.07 Å². The average Bonchev–Trinajstić information content (AvgIpc) is 2.38. The SMILES string of the molecule is CCC[C@H](NC(=O)Nc1cccc(C#N)c1)C(=O)O. The van der Waals surface area contributed by atoms with Crippen LogP contribution >= 0.6 is 0 Å². The van der Waals surface area contributed by atoms with E-state index >= 15 is 0 Å². The Kier molecular flexibility index (Phi) is 5.35. The summed E-state index contributed by atoms with van der Waals surface area (Å²) in [5, 5.41) is 22.5. The van der Waals surface area contributed by atoms with Gasteiger partial charge in [0.25, 0.3) is 0 Å². The molecule has 0 aromatic heterocycles. The van der Waals surface area contributed by atoms with Crippen molar-refractivity contribution >= 4 is 17.7 Å². The lowest BCUT2D eigenvalue weighted by Gasteiger charge is -2.14. The molecule has 100 valence electrons. The van der Waals surface area contributed by atoms with Crippen molar-refractivity contribution in [2.45, 2.75) is 25.8 Å². The van der Waals surface area contributed by atoms with Crippen molar-refractivity contribution in [3.63, 3.8) is 0 Å². The Labute approximate surface area is 111 Å². The number of nitrogens with zero attached hydrogens (tertiary/aromatic N) is 1. The molecule has 1 aromatic rings. The van der Waals surface area contributed by atoms with E-state index in [1.807, 2.05) is 13.0 Å². The molecule has 0 fully saturated rings. The van der Waals surface area contributed by atoms with Gasteiger partial charge >= 0.3 is 12.0 Å². The maximum atomic E-state index is 11.6. The summed E-state index contributed by atoms with van der Waals surface area (Å²) in [5.41, 5.74) is 0.860. The highest BCUT2D eigenvalue weighted by Gasteiger charge is 2.18. The van der Waals surface area contributed by atoms with Crippen molar-refractivity contribution in [3.05, 3.63) is 29.8 Å². The van der Waals surface area contributed by atoms with Crippen LogP contribution in [0.2, 0.25) is 0 Å². The number of amides is 2. The van der Waals surface area contributed by atoms with Gasteiger partial charge in [0.1, 0.15) is 6.04 Å². The maximum Gasteiger partial charge on any atom is 0.326 e. The summed E-state index contributed by atoms with van der Waals surface area (Å²) in [6.45, 7) is 1.84. The summed E-state index contributed by atoms with van der Waals surface area (Å²) < 4.78 is 0. The van der Waals surface area contributed by atoms with Crippen LogP contribution in [0, 0.1) is 11.3 Å². The molecule has 0 bridgehead atoms. The minimum absolute atomic E-state index is 0.362. The number of hydrogen-bond donors (Lipinski definition) is 3. The van der Waals surface area contributed by atoms with Crippen LogP contribution in [0.5, 0.6) is 0 Å². The molecule has 0 spiro atoms. The number of urea groups is 1. The van der Waals surface area contributed by atoms with Crippen molar-refractivity contribution in [1.82, 2.24) is 5.32 Å². The molecule has 0 unspecified atom stereocenters. The van der Waals surface area contributed by atoms with E-state index in [-0.39, 0.29) is 0 Å². The second-order valence-electron chi connectivity index (χ2n) is 3.97. The molecule has 19 heavy (non-hydrogen) atoms. The predicted molar refractivity (Wildman–Crippen MR) is 69.6 cm³/mol. The molecule has 0 heterocycles. The number of carboxylic acid groups (broad SMARTS) is 1. The van der Waals surface area contributed by atoms with Gasteiger partial charge in [-0.05, 0) is 24.6 Å². The number of rotatable bonds is 5. The minimum Gasteiger partial charge on any atom is -0.480 e. The molecule has 0 aliphatic heterocycles. The molecule has 1 atom stereocenters. The van der Waals surface area contributed by atoms with Crippen LogP contribution in [0.4, 0.5) is 10.5 Å². The van der Waals surface area contributed by atoms with Gasteiger partial charge in [0.15, 0.2) is 0 Å². The molecule has 0 radical (unpaired) electrons. The van der Waals surface area contributed by atoms with Gasteiger partial charge in [0.2, 0.25) is 0 Å². The van der Waals surface area contributed by atoms with Gasteiger partial charge in [-0.25, -0.2) is 9.59 Å². The van der Waals surface area contributed by atoms with Crippen LogP contribution in [0.1, 0.15) is 25.3 Å². The molecule has 0 saturated carbocycles. The molecule has 0 aliphatic carbocycles. The zero-order valence-electron chi connectivity index (χ0n) is 10.5. The van der Waals surface area contributed by atoms with E-state index in [1.54, 1.807) is 18.2 Å². The number of nitrogens with one attached hydrogen (secondary N) is 2. The highest BCUT2D eigenvalue weighted by Crippen LogP contribution is 2.09. The minimum atomic E-state index is -1.07. The number of carbonyl (C=O) groups is 2. The summed E-state index contributed by atoms with van der Waals surface area (Å²) in [5.74, 6) is -1.07. The fourth-order valence-electron chi connectivity index (χ4n) is 1.54. The molecular formula is C13H15N3O3. The van der Waals surface area contributed by atoms with Crippen LogP contribution in [0.3, 0.4) is 0 Å². The first-order valence-corrected chi connectivity index (χ1v) is 5.87. The Bertz CT molecular complexity index is 508. The lowest BCUT2D eigenvalue weighted by atomic mass is 10.2. The monoisotopic (exact) mass is 261 g/mol. The molecule has 6 nitrogen and oxygen atoms in total. The van der Waals surface area contributed by atoms with Crippen LogP contribution in [0.25, 0.3) is 0 Å². The van der Waals surface area contributed by atoms with Crippen molar-refractivity contribution in [3.8, 4) is 6.07 Å². The first kappa shape index (κ1) is 14.5. The number of nitriles is 1. The zero-order chi connectivity index (χ0) is 14.3. The topological polar surface area (TPSA) is 102 Å². The van der Waals surface area contributed by atoms with E-state index in [9.17, 15) is 9.59 Å². The number of aliphatic carboxylic acids is 1. The molecule has 1 rings (SSSR count). The first-order chi connectivity index (χ1) is 9.06. The lowest BCUT2D eigenvalue weighted by Crippen LogP contribution is -2.42. The summed E-state index contributed by atoms with van der Waals surface area (Å²) in [7, 11) is 0. The fourth-order valence-corrected chi connectivity index (χ4v) is 1.54. The number of carbonyl (C=O) groups excluding carboxylic acids is 1.